The molecule has 3 heteroatoms. The highest BCUT2D eigenvalue weighted by Gasteiger charge is 2.51. The van der Waals surface area contributed by atoms with E-state index in [-0.39, 0.29) is 11.3 Å². The third-order valence-electron chi connectivity index (χ3n) is 4.21. The summed E-state index contributed by atoms with van der Waals surface area (Å²) < 4.78 is 5.66. The van der Waals surface area contributed by atoms with Crippen molar-refractivity contribution in [2.45, 2.75) is 32.1 Å². The maximum absolute atomic E-state index is 12.7. The highest BCUT2D eigenvalue weighted by Crippen LogP contribution is 2.48. The number of nitrogens with one attached hydrogen (secondary N) is 1. The van der Waals surface area contributed by atoms with Crippen LogP contribution in [0.4, 0.5) is 5.69 Å². The van der Waals surface area contributed by atoms with Crippen LogP contribution >= 0.6 is 0 Å². The van der Waals surface area contributed by atoms with Gasteiger partial charge in [-0.15, -0.1) is 0 Å². The summed E-state index contributed by atoms with van der Waals surface area (Å²) >= 11 is 0. The molecule has 0 unspecified atom stereocenters. The quantitative estimate of drug-likeness (QED) is 0.859. The van der Waals surface area contributed by atoms with Gasteiger partial charge in [0, 0.05) is 5.69 Å². The molecule has 0 bridgehead atoms. The van der Waals surface area contributed by atoms with Crippen molar-refractivity contribution in [1.29, 1.82) is 0 Å². The average Bonchev–Trinajstić information content (AvgIpc) is 3.37. The van der Waals surface area contributed by atoms with Crippen molar-refractivity contribution >= 4 is 11.6 Å². The summed E-state index contributed by atoms with van der Waals surface area (Å²) in [4.78, 5) is 12.7. The van der Waals surface area contributed by atoms with E-state index in [2.05, 4.69) is 19.2 Å². The minimum Gasteiger partial charge on any atom is -0.493 e. The molecule has 0 aliphatic heterocycles. The molecule has 3 nitrogen and oxygen atoms in total. The van der Waals surface area contributed by atoms with Crippen molar-refractivity contribution in [3.63, 3.8) is 0 Å². The summed E-state index contributed by atoms with van der Waals surface area (Å²) in [5.74, 6) is 1.41. The normalized spacial score (nSPS) is 15.3. The fourth-order valence-corrected chi connectivity index (χ4v) is 2.68. The number of hydrogen-bond donors (Lipinski definition) is 1. The molecule has 0 radical (unpaired) electrons. The molecule has 120 valence electrons. The number of amides is 1. The Balaban J connectivity index is 1.64. The third-order valence-corrected chi connectivity index (χ3v) is 4.21. The van der Waals surface area contributed by atoms with E-state index in [0.717, 1.165) is 29.8 Å². The maximum atomic E-state index is 12.7. The highest BCUT2D eigenvalue weighted by atomic mass is 16.5. The summed E-state index contributed by atoms with van der Waals surface area (Å²) in [6.45, 7) is 4.93. The van der Waals surface area contributed by atoms with Crippen molar-refractivity contribution < 1.29 is 9.53 Å². The summed E-state index contributed by atoms with van der Waals surface area (Å²) in [7, 11) is 0. The molecule has 1 aliphatic carbocycles. The number of rotatable bonds is 6. The molecule has 1 aliphatic rings. The van der Waals surface area contributed by atoms with E-state index in [4.69, 9.17) is 4.74 Å². The van der Waals surface area contributed by atoms with E-state index in [1.807, 2.05) is 54.6 Å². The molecule has 2 aromatic carbocycles. The van der Waals surface area contributed by atoms with Crippen LogP contribution in [0.3, 0.4) is 0 Å². The second-order valence-corrected chi connectivity index (χ2v) is 6.63. The van der Waals surface area contributed by atoms with Crippen LogP contribution in [0.2, 0.25) is 0 Å². The van der Waals surface area contributed by atoms with Crippen LogP contribution in [0.25, 0.3) is 0 Å². The SMILES string of the molecule is CC(C)COc1ccc(NC(=O)C2(c3ccccc3)CC2)cc1. The van der Waals surface area contributed by atoms with Gasteiger partial charge in [-0.1, -0.05) is 44.2 Å². The lowest BCUT2D eigenvalue weighted by atomic mass is 9.95. The van der Waals surface area contributed by atoms with Gasteiger partial charge in [0.1, 0.15) is 5.75 Å². The molecule has 2 aromatic rings. The first-order valence-corrected chi connectivity index (χ1v) is 8.20. The van der Waals surface area contributed by atoms with Crippen LogP contribution in [-0.4, -0.2) is 12.5 Å². The van der Waals surface area contributed by atoms with Gasteiger partial charge < -0.3 is 10.1 Å². The molecule has 3 rings (SSSR count). The van der Waals surface area contributed by atoms with Crippen LogP contribution in [-0.2, 0) is 10.2 Å². The Labute approximate surface area is 137 Å². The largest absolute Gasteiger partial charge is 0.493 e. The fourth-order valence-electron chi connectivity index (χ4n) is 2.68. The van der Waals surface area contributed by atoms with Gasteiger partial charge in [0.15, 0.2) is 0 Å². The molecule has 0 aromatic heterocycles. The zero-order chi connectivity index (χ0) is 16.3. The standard InChI is InChI=1S/C20H23NO2/c1-15(2)14-23-18-10-8-17(9-11-18)21-19(22)20(12-13-20)16-6-4-3-5-7-16/h3-11,15H,12-14H2,1-2H3,(H,21,22). The average molecular weight is 309 g/mol. The molecular formula is C20H23NO2. The van der Waals surface area contributed by atoms with Crippen molar-refractivity contribution in [3.05, 3.63) is 60.2 Å². The van der Waals surface area contributed by atoms with E-state index in [0.29, 0.717) is 12.5 Å². The van der Waals surface area contributed by atoms with Gasteiger partial charge in [0.25, 0.3) is 0 Å². The van der Waals surface area contributed by atoms with Crippen LogP contribution in [0.15, 0.2) is 54.6 Å². The van der Waals surface area contributed by atoms with E-state index in [1.165, 1.54) is 0 Å². The second kappa shape index (κ2) is 6.45. The summed E-state index contributed by atoms with van der Waals surface area (Å²) in [5, 5.41) is 3.04. The Morgan fingerprint density at radius 3 is 2.30 bits per heavy atom. The molecular weight excluding hydrogens is 286 g/mol. The van der Waals surface area contributed by atoms with Crippen LogP contribution in [0, 0.1) is 5.92 Å². The first-order valence-electron chi connectivity index (χ1n) is 8.20. The number of ether oxygens (including phenoxy) is 1. The lowest BCUT2D eigenvalue weighted by Gasteiger charge is -2.16. The summed E-state index contributed by atoms with van der Waals surface area (Å²) in [6.07, 6.45) is 1.83. The highest BCUT2D eigenvalue weighted by molar-refractivity contribution is 6.01. The van der Waals surface area contributed by atoms with Crippen molar-refractivity contribution in [2.24, 2.45) is 5.92 Å². The topological polar surface area (TPSA) is 38.3 Å². The molecule has 1 amide bonds. The number of carbonyl (C=O) groups excluding carboxylic acids is 1. The van der Waals surface area contributed by atoms with Gasteiger partial charge in [-0.2, -0.15) is 0 Å². The smallest absolute Gasteiger partial charge is 0.235 e. The van der Waals surface area contributed by atoms with Gasteiger partial charge in [0.2, 0.25) is 5.91 Å². The van der Waals surface area contributed by atoms with Crippen molar-refractivity contribution in [2.75, 3.05) is 11.9 Å². The first-order chi connectivity index (χ1) is 11.1. The summed E-state index contributed by atoms with van der Waals surface area (Å²) in [5.41, 5.74) is 1.58. The Bertz CT molecular complexity index is 658. The molecule has 0 spiro atoms. The Morgan fingerprint density at radius 1 is 1.09 bits per heavy atom. The first kappa shape index (κ1) is 15.6. The molecule has 0 heterocycles. The number of carbonyl (C=O) groups is 1. The monoisotopic (exact) mass is 309 g/mol. The number of benzene rings is 2. The van der Waals surface area contributed by atoms with Gasteiger partial charge >= 0.3 is 0 Å². The second-order valence-electron chi connectivity index (χ2n) is 6.63. The number of hydrogen-bond acceptors (Lipinski definition) is 2. The number of anilines is 1. The Kier molecular flexibility index (Phi) is 4.37. The van der Waals surface area contributed by atoms with Crippen LogP contribution in [0.5, 0.6) is 5.75 Å². The van der Waals surface area contributed by atoms with Crippen LogP contribution < -0.4 is 10.1 Å². The zero-order valence-electron chi connectivity index (χ0n) is 13.7. The van der Waals surface area contributed by atoms with Crippen molar-refractivity contribution in [3.8, 4) is 5.75 Å². The predicted octanol–water partition coefficient (Wildman–Crippen LogP) is 4.39. The maximum Gasteiger partial charge on any atom is 0.235 e. The lowest BCUT2D eigenvalue weighted by Crippen LogP contribution is -2.27. The van der Waals surface area contributed by atoms with Gasteiger partial charge in [-0.05, 0) is 48.6 Å². The third kappa shape index (κ3) is 3.55. The molecule has 1 fully saturated rings. The van der Waals surface area contributed by atoms with E-state index in [9.17, 15) is 4.79 Å². The lowest BCUT2D eigenvalue weighted by molar-refractivity contribution is -0.118. The summed E-state index contributed by atoms with van der Waals surface area (Å²) in [6, 6.07) is 17.6. The minimum absolute atomic E-state index is 0.0829. The Morgan fingerprint density at radius 2 is 1.74 bits per heavy atom. The van der Waals surface area contributed by atoms with Gasteiger partial charge in [-0.3, -0.25) is 4.79 Å². The fraction of sp³-hybridized carbons (Fsp3) is 0.350. The minimum atomic E-state index is -0.339. The molecule has 1 saturated carbocycles. The predicted molar refractivity (Wildman–Crippen MR) is 92.8 cm³/mol. The van der Waals surface area contributed by atoms with E-state index < -0.39 is 0 Å². The van der Waals surface area contributed by atoms with E-state index in [1.54, 1.807) is 0 Å². The van der Waals surface area contributed by atoms with Gasteiger partial charge in [-0.25, -0.2) is 0 Å². The van der Waals surface area contributed by atoms with Crippen molar-refractivity contribution in [1.82, 2.24) is 0 Å². The van der Waals surface area contributed by atoms with E-state index >= 15 is 0 Å². The molecule has 23 heavy (non-hydrogen) atoms. The molecule has 1 N–H and O–H groups in total. The zero-order valence-corrected chi connectivity index (χ0v) is 13.7. The van der Waals surface area contributed by atoms with Crippen LogP contribution in [0.1, 0.15) is 32.3 Å². The molecule has 0 saturated heterocycles. The Hall–Kier alpha value is -2.29. The van der Waals surface area contributed by atoms with Gasteiger partial charge in [0.05, 0.1) is 12.0 Å². The molecule has 0 atom stereocenters.